The second kappa shape index (κ2) is 5.85. The summed E-state index contributed by atoms with van der Waals surface area (Å²) in [6.07, 6.45) is 5.67. The molecular weight excluding hydrogens is 212 g/mol. The molecule has 1 heterocycles. The molecule has 98 valence electrons. The number of carbonyl (C=O) groups is 1. The molecule has 3 heteroatoms. The normalized spacial score (nSPS) is 22.2. The first kappa shape index (κ1) is 12.9. The summed E-state index contributed by atoms with van der Waals surface area (Å²) in [6, 6.07) is 0.717. The molecule has 0 atom stereocenters. The third-order valence-electron chi connectivity index (χ3n) is 4.18. The lowest BCUT2D eigenvalue weighted by Gasteiger charge is -2.34. The van der Waals surface area contributed by atoms with Crippen LogP contribution in [0, 0.1) is 11.8 Å². The SMILES string of the molecule is CC(C)C1CCN(C(=O)CCNC2CC2)CC1. The van der Waals surface area contributed by atoms with E-state index in [1.807, 2.05) is 0 Å². The molecule has 0 aromatic rings. The molecular formula is C14H26N2O. The summed E-state index contributed by atoms with van der Waals surface area (Å²) in [6.45, 7) is 7.41. The summed E-state index contributed by atoms with van der Waals surface area (Å²) in [4.78, 5) is 14.0. The fourth-order valence-electron chi connectivity index (χ4n) is 2.64. The molecule has 0 radical (unpaired) electrons. The summed E-state index contributed by atoms with van der Waals surface area (Å²) >= 11 is 0. The second-order valence-electron chi connectivity index (χ2n) is 5.94. The number of hydrogen-bond acceptors (Lipinski definition) is 2. The van der Waals surface area contributed by atoms with Gasteiger partial charge in [0.15, 0.2) is 0 Å². The van der Waals surface area contributed by atoms with Gasteiger partial charge in [-0.15, -0.1) is 0 Å². The van der Waals surface area contributed by atoms with Gasteiger partial charge in [-0.1, -0.05) is 13.8 Å². The highest BCUT2D eigenvalue weighted by atomic mass is 16.2. The average molecular weight is 238 g/mol. The van der Waals surface area contributed by atoms with Crippen molar-refractivity contribution in [3.8, 4) is 0 Å². The maximum absolute atomic E-state index is 12.0. The molecule has 1 N–H and O–H groups in total. The standard InChI is InChI=1S/C14H26N2O/c1-11(2)12-6-9-16(10-7-12)14(17)5-8-15-13-3-4-13/h11-13,15H,3-10H2,1-2H3. The van der Waals surface area contributed by atoms with Gasteiger partial charge in [0.2, 0.25) is 5.91 Å². The molecule has 2 rings (SSSR count). The summed E-state index contributed by atoms with van der Waals surface area (Å²) in [5.41, 5.74) is 0. The lowest BCUT2D eigenvalue weighted by Crippen LogP contribution is -2.40. The van der Waals surface area contributed by atoms with Gasteiger partial charge in [-0.05, 0) is 37.5 Å². The third-order valence-corrected chi connectivity index (χ3v) is 4.18. The van der Waals surface area contributed by atoms with Crippen LogP contribution in [0.1, 0.15) is 46.0 Å². The van der Waals surface area contributed by atoms with Gasteiger partial charge in [0, 0.05) is 32.1 Å². The highest BCUT2D eigenvalue weighted by molar-refractivity contribution is 5.76. The number of carbonyl (C=O) groups excluding carboxylic acids is 1. The minimum absolute atomic E-state index is 0.348. The summed E-state index contributed by atoms with van der Waals surface area (Å²) < 4.78 is 0. The predicted octanol–water partition coefficient (Wildman–Crippen LogP) is 2.02. The van der Waals surface area contributed by atoms with Crippen LogP contribution in [0.15, 0.2) is 0 Å². The first-order valence-electron chi connectivity index (χ1n) is 7.18. The van der Waals surface area contributed by atoms with Crippen molar-refractivity contribution in [3.05, 3.63) is 0 Å². The molecule has 1 saturated carbocycles. The Hall–Kier alpha value is -0.570. The van der Waals surface area contributed by atoms with Crippen LogP contribution in [0.2, 0.25) is 0 Å². The maximum atomic E-state index is 12.0. The number of hydrogen-bond donors (Lipinski definition) is 1. The number of piperidine rings is 1. The van der Waals surface area contributed by atoms with Crippen molar-refractivity contribution in [1.82, 2.24) is 10.2 Å². The van der Waals surface area contributed by atoms with E-state index < -0.39 is 0 Å². The van der Waals surface area contributed by atoms with Crippen LogP contribution in [0.3, 0.4) is 0 Å². The Balaban J connectivity index is 1.62. The summed E-state index contributed by atoms with van der Waals surface area (Å²) in [7, 11) is 0. The quantitative estimate of drug-likeness (QED) is 0.795. The minimum Gasteiger partial charge on any atom is -0.343 e. The van der Waals surface area contributed by atoms with Gasteiger partial charge in [-0.25, -0.2) is 0 Å². The Kier molecular flexibility index (Phi) is 4.43. The van der Waals surface area contributed by atoms with Crippen LogP contribution in [-0.2, 0) is 4.79 Å². The molecule has 0 unspecified atom stereocenters. The third kappa shape index (κ3) is 3.98. The molecule has 1 aliphatic heterocycles. The first-order chi connectivity index (χ1) is 8.16. The van der Waals surface area contributed by atoms with Crippen LogP contribution in [-0.4, -0.2) is 36.5 Å². The van der Waals surface area contributed by atoms with Crippen LogP contribution >= 0.6 is 0 Å². The smallest absolute Gasteiger partial charge is 0.223 e. The number of rotatable bonds is 5. The zero-order valence-electron chi connectivity index (χ0n) is 11.2. The van der Waals surface area contributed by atoms with Gasteiger partial charge >= 0.3 is 0 Å². The minimum atomic E-state index is 0.348. The fourth-order valence-corrected chi connectivity index (χ4v) is 2.64. The molecule has 2 fully saturated rings. The van der Waals surface area contributed by atoms with E-state index in [0.29, 0.717) is 12.3 Å². The summed E-state index contributed by atoms with van der Waals surface area (Å²) in [5, 5.41) is 3.41. The number of nitrogens with one attached hydrogen (secondary N) is 1. The Bertz CT molecular complexity index is 253. The van der Waals surface area contributed by atoms with E-state index in [2.05, 4.69) is 24.1 Å². The zero-order chi connectivity index (χ0) is 12.3. The van der Waals surface area contributed by atoms with Crippen molar-refractivity contribution in [2.45, 2.75) is 52.0 Å². The molecule has 1 saturated heterocycles. The Labute approximate surface area is 105 Å². The second-order valence-corrected chi connectivity index (χ2v) is 5.94. The number of nitrogens with zero attached hydrogens (tertiary/aromatic N) is 1. The van der Waals surface area contributed by atoms with Gasteiger partial charge in [0.05, 0.1) is 0 Å². The van der Waals surface area contributed by atoms with E-state index in [9.17, 15) is 4.79 Å². The Morgan fingerprint density at radius 1 is 1.24 bits per heavy atom. The van der Waals surface area contributed by atoms with E-state index in [-0.39, 0.29) is 0 Å². The molecule has 17 heavy (non-hydrogen) atoms. The number of amides is 1. The highest BCUT2D eigenvalue weighted by Gasteiger charge is 2.25. The van der Waals surface area contributed by atoms with E-state index in [1.54, 1.807) is 0 Å². The fraction of sp³-hybridized carbons (Fsp3) is 0.929. The van der Waals surface area contributed by atoms with Crippen molar-refractivity contribution in [1.29, 1.82) is 0 Å². The molecule has 3 nitrogen and oxygen atoms in total. The van der Waals surface area contributed by atoms with Crippen LogP contribution < -0.4 is 5.32 Å². The van der Waals surface area contributed by atoms with Gasteiger partial charge in [0.1, 0.15) is 0 Å². The molecule has 0 spiro atoms. The van der Waals surface area contributed by atoms with Crippen molar-refractivity contribution in [3.63, 3.8) is 0 Å². The summed E-state index contributed by atoms with van der Waals surface area (Å²) in [5.74, 6) is 1.94. The Morgan fingerprint density at radius 3 is 2.41 bits per heavy atom. The van der Waals surface area contributed by atoms with E-state index >= 15 is 0 Å². The number of likely N-dealkylation sites (tertiary alicyclic amines) is 1. The van der Waals surface area contributed by atoms with Crippen LogP contribution in [0.4, 0.5) is 0 Å². The van der Waals surface area contributed by atoms with Crippen LogP contribution in [0.25, 0.3) is 0 Å². The molecule has 0 aromatic heterocycles. The first-order valence-corrected chi connectivity index (χ1v) is 7.18. The molecule has 2 aliphatic rings. The van der Waals surface area contributed by atoms with E-state index in [4.69, 9.17) is 0 Å². The predicted molar refractivity (Wildman–Crippen MR) is 69.8 cm³/mol. The van der Waals surface area contributed by atoms with E-state index in [0.717, 1.165) is 37.5 Å². The average Bonchev–Trinajstić information content (AvgIpc) is 3.13. The maximum Gasteiger partial charge on any atom is 0.223 e. The van der Waals surface area contributed by atoms with Gasteiger partial charge < -0.3 is 10.2 Å². The van der Waals surface area contributed by atoms with E-state index in [1.165, 1.54) is 25.7 Å². The van der Waals surface area contributed by atoms with Crippen molar-refractivity contribution >= 4 is 5.91 Å². The lowest BCUT2D eigenvalue weighted by molar-refractivity contribution is -0.132. The van der Waals surface area contributed by atoms with Crippen LogP contribution in [0.5, 0.6) is 0 Å². The van der Waals surface area contributed by atoms with Gasteiger partial charge in [-0.3, -0.25) is 4.79 Å². The highest BCUT2D eigenvalue weighted by Crippen LogP contribution is 2.24. The molecule has 1 aliphatic carbocycles. The van der Waals surface area contributed by atoms with Crippen molar-refractivity contribution in [2.75, 3.05) is 19.6 Å². The largest absolute Gasteiger partial charge is 0.343 e. The van der Waals surface area contributed by atoms with Crippen molar-refractivity contribution < 1.29 is 4.79 Å². The molecule has 1 amide bonds. The zero-order valence-corrected chi connectivity index (χ0v) is 11.2. The van der Waals surface area contributed by atoms with Gasteiger partial charge in [-0.2, -0.15) is 0 Å². The molecule has 0 bridgehead atoms. The topological polar surface area (TPSA) is 32.3 Å². The molecule has 0 aromatic carbocycles. The Morgan fingerprint density at radius 2 is 1.88 bits per heavy atom. The monoisotopic (exact) mass is 238 g/mol. The van der Waals surface area contributed by atoms with Gasteiger partial charge in [0.25, 0.3) is 0 Å². The lowest BCUT2D eigenvalue weighted by atomic mass is 9.86. The van der Waals surface area contributed by atoms with Crippen molar-refractivity contribution in [2.24, 2.45) is 11.8 Å².